The second kappa shape index (κ2) is 4.81. The van der Waals surface area contributed by atoms with E-state index in [1.807, 2.05) is 20.8 Å². The van der Waals surface area contributed by atoms with Crippen LogP contribution < -0.4 is 5.32 Å². The van der Waals surface area contributed by atoms with Gasteiger partial charge in [-0.3, -0.25) is 10.1 Å². The molecule has 0 aromatic rings. The first kappa shape index (κ1) is 14.2. The van der Waals surface area contributed by atoms with Gasteiger partial charge >= 0.3 is 5.97 Å². The average Bonchev–Trinajstić information content (AvgIpc) is 2.14. The van der Waals surface area contributed by atoms with Crippen LogP contribution >= 0.6 is 0 Å². The van der Waals surface area contributed by atoms with Crippen molar-refractivity contribution in [1.29, 1.82) is 0 Å². The van der Waals surface area contributed by atoms with Crippen LogP contribution in [-0.4, -0.2) is 23.7 Å². The van der Waals surface area contributed by atoms with Gasteiger partial charge in [-0.1, -0.05) is 32.9 Å². The molecule has 0 amide bonds. The van der Waals surface area contributed by atoms with E-state index in [2.05, 4.69) is 38.2 Å². The molecule has 1 aliphatic rings. The number of ether oxygens (including phenoxy) is 1. The van der Waals surface area contributed by atoms with Crippen molar-refractivity contribution < 1.29 is 9.53 Å². The average molecular weight is 239 g/mol. The van der Waals surface area contributed by atoms with Gasteiger partial charge in [-0.2, -0.15) is 0 Å². The number of carbonyl (C=O) groups excluding carboxylic acids is 1. The summed E-state index contributed by atoms with van der Waals surface area (Å²) < 4.78 is 5.40. The Balaban J connectivity index is 2.64. The SMILES string of the molecule is CC(C)(C)OC(=O)[C@H]1CC=C[C@@H](C(C)(C)C)N1. The van der Waals surface area contributed by atoms with Crippen molar-refractivity contribution in [2.24, 2.45) is 5.41 Å². The van der Waals surface area contributed by atoms with Gasteiger partial charge in [0.05, 0.1) is 0 Å². The first-order valence-electron chi connectivity index (χ1n) is 6.25. The summed E-state index contributed by atoms with van der Waals surface area (Å²) in [7, 11) is 0. The third-order valence-electron chi connectivity index (χ3n) is 2.71. The third-order valence-corrected chi connectivity index (χ3v) is 2.71. The highest BCUT2D eigenvalue weighted by Gasteiger charge is 2.32. The van der Waals surface area contributed by atoms with E-state index in [-0.39, 0.29) is 23.5 Å². The van der Waals surface area contributed by atoms with Crippen LogP contribution in [0.4, 0.5) is 0 Å². The lowest BCUT2D eigenvalue weighted by Gasteiger charge is -2.35. The normalized spacial score (nSPS) is 25.8. The fraction of sp³-hybridized carbons (Fsp3) is 0.786. The van der Waals surface area contributed by atoms with E-state index in [1.54, 1.807) is 0 Å². The van der Waals surface area contributed by atoms with Gasteiger partial charge in [0.2, 0.25) is 0 Å². The van der Waals surface area contributed by atoms with Crippen molar-refractivity contribution in [3.63, 3.8) is 0 Å². The lowest BCUT2D eigenvalue weighted by Crippen LogP contribution is -2.51. The molecule has 0 saturated carbocycles. The molecule has 3 nitrogen and oxygen atoms in total. The Morgan fingerprint density at radius 2 is 1.82 bits per heavy atom. The molecule has 0 unspecified atom stereocenters. The van der Waals surface area contributed by atoms with Crippen molar-refractivity contribution in [3.05, 3.63) is 12.2 Å². The Morgan fingerprint density at radius 3 is 2.29 bits per heavy atom. The summed E-state index contributed by atoms with van der Waals surface area (Å²) in [6, 6.07) is -0.00258. The quantitative estimate of drug-likeness (QED) is 0.565. The largest absolute Gasteiger partial charge is 0.459 e. The second-order valence-corrected chi connectivity index (χ2v) is 6.76. The van der Waals surface area contributed by atoms with Gasteiger partial charge in [-0.05, 0) is 32.6 Å². The van der Waals surface area contributed by atoms with Gasteiger partial charge in [0.15, 0.2) is 0 Å². The van der Waals surface area contributed by atoms with E-state index in [4.69, 9.17) is 4.74 Å². The van der Waals surface area contributed by atoms with Crippen LogP contribution in [0.5, 0.6) is 0 Å². The topological polar surface area (TPSA) is 38.3 Å². The lowest BCUT2D eigenvalue weighted by molar-refractivity contribution is -0.157. The molecule has 0 aliphatic carbocycles. The number of hydrogen-bond acceptors (Lipinski definition) is 3. The summed E-state index contributed by atoms with van der Waals surface area (Å²) in [5.41, 5.74) is -0.311. The minimum Gasteiger partial charge on any atom is -0.459 e. The molecule has 0 radical (unpaired) electrons. The van der Waals surface area contributed by atoms with E-state index in [1.165, 1.54) is 0 Å². The zero-order chi connectivity index (χ0) is 13.3. The van der Waals surface area contributed by atoms with Gasteiger partial charge in [-0.15, -0.1) is 0 Å². The van der Waals surface area contributed by atoms with Crippen LogP contribution in [0.15, 0.2) is 12.2 Å². The predicted molar refractivity (Wildman–Crippen MR) is 69.8 cm³/mol. The maximum absolute atomic E-state index is 12.0. The van der Waals surface area contributed by atoms with E-state index >= 15 is 0 Å². The minimum absolute atomic E-state index is 0.108. The first-order chi connectivity index (χ1) is 7.59. The summed E-state index contributed by atoms with van der Waals surface area (Å²) >= 11 is 0. The fourth-order valence-electron chi connectivity index (χ4n) is 1.77. The maximum atomic E-state index is 12.0. The predicted octanol–water partition coefficient (Wildman–Crippen LogP) is 2.66. The van der Waals surface area contributed by atoms with Crippen LogP contribution in [0.3, 0.4) is 0 Å². The minimum atomic E-state index is -0.419. The standard InChI is InChI=1S/C14H25NO2/c1-13(2,3)11-9-7-8-10(15-11)12(16)17-14(4,5)6/h7,9-11,15H,8H2,1-6H3/t10-,11+/m1/s1. The molecule has 0 bridgehead atoms. The van der Waals surface area contributed by atoms with E-state index in [9.17, 15) is 4.79 Å². The van der Waals surface area contributed by atoms with Crippen LogP contribution in [0.25, 0.3) is 0 Å². The molecule has 17 heavy (non-hydrogen) atoms. The summed E-state index contributed by atoms with van der Waals surface area (Å²) in [5.74, 6) is -0.156. The molecule has 2 atom stereocenters. The van der Waals surface area contributed by atoms with Crippen LogP contribution in [0.1, 0.15) is 48.0 Å². The summed E-state index contributed by atoms with van der Waals surface area (Å²) in [4.78, 5) is 12.0. The number of nitrogens with one attached hydrogen (secondary N) is 1. The molecule has 0 aromatic heterocycles. The number of hydrogen-bond donors (Lipinski definition) is 1. The van der Waals surface area contributed by atoms with Crippen LogP contribution in [-0.2, 0) is 9.53 Å². The van der Waals surface area contributed by atoms with Crippen molar-refractivity contribution in [2.75, 3.05) is 0 Å². The molecular weight excluding hydrogens is 214 g/mol. The summed E-state index contributed by atoms with van der Waals surface area (Å²) in [6.07, 6.45) is 4.92. The molecule has 1 rings (SSSR count). The third kappa shape index (κ3) is 4.50. The van der Waals surface area contributed by atoms with E-state index in [0.717, 1.165) is 0 Å². The van der Waals surface area contributed by atoms with Crippen molar-refractivity contribution in [2.45, 2.75) is 65.6 Å². The molecule has 1 N–H and O–H groups in total. The smallest absolute Gasteiger partial charge is 0.323 e. The van der Waals surface area contributed by atoms with Crippen LogP contribution in [0.2, 0.25) is 0 Å². The molecule has 0 fully saturated rings. The molecule has 98 valence electrons. The van der Waals surface area contributed by atoms with Crippen molar-refractivity contribution >= 4 is 5.97 Å². The highest BCUT2D eigenvalue weighted by Crippen LogP contribution is 2.24. The van der Waals surface area contributed by atoms with Gasteiger partial charge < -0.3 is 4.74 Å². The molecule has 1 aliphatic heterocycles. The summed E-state index contributed by atoms with van der Waals surface area (Å²) in [5, 5.41) is 3.35. The number of esters is 1. The highest BCUT2D eigenvalue weighted by molar-refractivity contribution is 5.76. The lowest BCUT2D eigenvalue weighted by atomic mass is 9.84. The second-order valence-electron chi connectivity index (χ2n) is 6.76. The molecule has 0 saturated heterocycles. The molecule has 3 heteroatoms. The fourth-order valence-corrected chi connectivity index (χ4v) is 1.77. The van der Waals surface area contributed by atoms with E-state index < -0.39 is 5.60 Å². The van der Waals surface area contributed by atoms with Gasteiger partial charge in [-0.25, -0.2) is 0 Å². The van der Waals surface area contributed by atoms with Crippen molar-refractivity contribution in [1.82, 2.24) is 5.32 Å². The van der Waals surface area contributed by atoms with Crippen molar-refractivity contribution in [3.8, 4) is 0 Å². The Kier molecular flexibility index (Phi) is 4.03. The van der Waals surface area contributed by atoms with Gasteiger partial charge in [0.25, 0.3) is 0 Å². The molecule has 0 aromatic carbocycles. The Morgan fingerprint density at radius 1 is 1.24 bits per heavy atom. The molecular formula is C14H25NO2. The molecule has 0 spiro atoms. The molecule has 1 heterocycles. The zero-order valence-electron chi connectivity index (χ0n) is 11.8. The Hall–Kier alpha value is -0.830. The van der Waals surface area contributed by atoms with Gasteiger partial charge in [0.1, 0.15) is 11.6 Å². The van der Waals surface area contributed by atoms with Gasteiger partial charge in [0, 0.05) is 6.04 Å². The number of rotatable bonds is 1. The zero-order valence-corrected chi connectivity index (χ0v) is 11.8. The van der Waals surface area contributed by atoms with Crippen LogP contribution in [0, 0.1) is 5.41 Å². The summed E-state index contributed by atoms with van der Waals surface area (Å²) in [6.45, 7) is 12.2. The first-order valence-corrected chi connectivity index (χ1v) is 6.25. The van der Waals surface area contributed by atoms with E-state index in [0.29, 0.717) is 6.42 Å². The Labute approximate surface area is 105 Å². The monoisotopic (exact) mass is 239 g/mol. The maximum Gasteiger partial charge on any atom is 0.323 e. The highest BCUT2D eigenvalue weighted by atomic mass is 16.6. The Bertz CT molecular complexity index is 307. The number of carbonyl (C=O) groups is 1.